The molecule has 3 heterocycles. The first-order valence-corrected chi connectivity index (χ1v) is 13.7. The van der Waals surface area contributed by atoms with Crippen LogP contribution in [0.2, 0.25) is 0 Å². The standard InChI is InChI=1S/C24H27FN4O3S2/c1-16-5-10-21-22(17(16)2)26-24(33-21)28-14-12-27(13-15-28)23(30)20-4-3-11-29(20)34(31,32)19-8-6-18(25)7-9-19/h5-10,20H,3-4,11-15H2,1-2H3. The van der Waals surface area contributed by atoms with Crippen molar-refractivity contribution in [1.82, 2.24) is 14.2 Å². The summed E-state index contributed by atoms with van der Waals surface area (Å²) in [4.78, 5) is 22.2. The monoisotopic (exact) mass is 502 g/mol. The predicted octanol–water partition coefficient (Wildman–Crippen LogP) is 3.55. The number of fused-ring (bicyclic) bond motifs is 1. The molecule has 2 aliphatic heterocycles. The molecule has 10 heteroatoms. The van der Waals surface area contributed by atoms with Crippen LogP contribution in [0.3, 0.4) is 0 Å². The fourth-order valence-corrected chi connectivity index (χ4v) is 7.42. The lowest BCUT2D eigenvalue weighted by Crippen LogP contribution is -2.54. The lowest BCUT2D eigenvalue weighted by atomic mass is 10.1. The average Bonchev–Trinajstić information content (AvgIpc) is 3.50. The number of amides is 1. The zero-order valence-electron chi connectivity index (χ0n) is 19.2. The van der Waals surface area contributed by atoms with Gasteiger partial charge in [0.2, 0.25) is 15.9 Å². The molecule has 34 heavy (non-hydrogen) atoms. The number of benzene rings is 2. The number of rotatable bonds is 4. The fraction of sp³-hybridized carbons (Fsp3) is 0.417. The van der Waals surface area contributed by atoms with Gasteiger partial charge < -0.3 is 9.80 Å². The maximum absolute atomic E-state index is 13.3. The first-order chi connectivity index (χ1) is 16.3. The van der Waals surface area contributed by atoms with Crippen LogP contribution < -0.4 is 4.90 Å². The van der Waals surface area contributed by atoms with Gasteiger partial charge in [-0.25, -0.2) is 17.8 Å². The second kappa shape index (κ2) is 8.90. The van der Waals surface area contributed by atoms with Gasteiger partial charge in [-0.05, 0) is 68.1 Å². The van der Waals surface area contributed by atoms with Crippen molar-refractivity contribution in [2.45, 2.75) is 37.6 Å². The van der Waals surface area contributed by atoms with Crippen molar-refractivity contribution in [3.8, 4) is 0 Å². The molecule has 0 bridgehead atoms. The molecule has 3 aromatic rings. The molecule has 0 saturated carbocycles. The van der Waals surface area contributed by atoms with Gasteiger partial charge in [0.25, 0.3) is 0 Å². The Kier molecular flexibility index (Phi) is 6.07. The van der Waals surface area contributed by atoms with Crippen molar-refractivity contribution < 1.29 is 17.6 Å². The van der Waals surface area contributed by atoms with Gasteiger partial charge in [0, 0.05) is 32.7 Å². The Morgan fingerprint density at radius 2 is 1.74 bits per heavy atom. The molecular formula is C24H27FN4O3S2. The number of hydrogen-bond donors (Lipinski definition) is 0. The van der Waals surface area contributed by atoms with Crippen molar-refractivity contribution in [1.29, 1.82) is 0 Å². The van der Waals surface area contributed by atoms with E-state index in [4.69, 9.17) is 4.98 Å². The van der Waals surface area contributed by atoms with Crippen LogP contribution in [0, 0.1) is 19.7 Å². The Labute approximate surface area is 202 Å². The van der Waals surface area contributed by atoms with E-state index in [1.165, 1.54) is 27.6 Å². The predicted molar refractivity (Wildman–Crippen MR) is 131 cm³/mol. The number of carbonyl (C=O) groups is 1. The van der Waals surface area contributed by atoms with Crippen LogP contribution in [0.4, 0.5) is 9.52 Å². The van der Waals surface area contributed by atoms with Crippen molar-refractivity contribution in [3.63, 3.8) is 0 Å². The topological polar surface area (TPSA) is 73.8 Å². The Morgan fingerprint density at radius 3 is 2.44 bits per heavy atom. The molecule has 0 N–H and O–H groups in total. The SMILES string of the molecule is Cc1ccc2sc(N3CCN(C(=O)C4CCCN4S(=O)(=O)c4ccc(F)cc4)CC3)nc2c1C. The van der Waals surface area contributed by atoms with Gasteiger partial charge >= 0.3 is 0 Å². The average molecular weight is 503 g/mol. The number of thiazole rings is 1. The summed E-state index contributed by atoms with van der Waals surface area (Å²) in [7, 11) is -3.86. The van der Waals surface area contributed by atoms with Crippen LogP contribution in [-0.4, -0.2) is 67.3 Å². The number of nitrogens with zero attached hydrogens (tertiary/aromatic N) is 4. The number of hydrogen-bond acceptors (Lipinski definition) is 6. The zero-order chi connectivity index (χ0) is 24.0. The largest absolute Gasteiger partial charge is 0.345 e. The molecule has 0 spiro atoms. The Hall–Kier alpha value is -2.56. The number of halogens is 1. The summed E-state index contributed by atoms with van der Waals surface area (Å²) in [6.07, 6.45) is 1.12. The minimum atomic E-state index is -3.86. The van der Waals surface area contributed by atoms with Crippen molar-refractivity contribution in [2.24, 2.45) is 0 Å². The normalized spacial score (nSPS) is 19.8. The minimum Gasteiger partial charge on any atom is -0.345 e. The van der Waals surface area contributed by atoms with Crippen LogP contribution in [0.25, 0.3) is 10.2 Å². The Morgan fingerprint density at radius 1 is 1.03 bits per heavy atom. The molecule has 1 atom stereocenters. The first-order valence-electron chi connectivity index (χ1n) is 11.4. The van der Waals surface area contributed by atoms with Gasteiger partial charge in [-0.3, -0.25) is 4.79 Å². The second-order valence-electron chi connectivity index (χ2n) is 8.89. The van der Waals surface area contributed by atoms with E-state index in [0.717, 1.165) is 27.5 Å². The maximum atomic E-state index is 13.3. The van der Waals surface area contributed by atoms with E-state index in [0.29, 0.717) is 45.6 Å². The van der Waals surface area contributed by atoms with E-state index in [1.54, 1.807) is 16.2 Å². The Bertz CT molecular complexity index is 1330. The summed E-state index contributed by atoms with van der Waals surface area (Å²) in [5, 5.41) is 0.956. The smallest absolute Gasteiger partial charge is 0.243 e. The summed E-state index contributed by atoms with van der Waals surface area (Å²) < 4.78 is 42.0. The summed E-state index contributed by atoms with van der Waals surface area (Å²) in [5.41, 5.74) is 3.44. The molecule has 1 amide bonds. The minimum absolute atomic E-state index is 0.0137. The van der Waals surface area contributed by atoms with E-state index in [2.05, 4.69) is 30.9 Å². The highest BCUT2D eigenvalue weighted by Gasteiger charge is 2.41. The molecular weight excluding hydrogens is 475 g/mol. The summed E-state index contributed by atoms with van der Waals surface area (Å²) in [6, 6.07) is 8.27. The second-order valence-corrected chi connectivity index (χ2v) is 11.8. The van der Waals surface area contributed by atoms with E-state index in [1.807, 2.05) is 0 Å². The van der Waals surface area contributed by atoms with Crippen LogP contribution in [0.1, 0.15) is 24.0 Å². The third-order valence-electron chi connectivity index (χ3n) is 6.84. The maximum Gasteiger partial charge on any atom is 0.243 e. The number of piperazine rings is 1. The number of sulfonamides is 1. The lowest BCUT2D eigenvalue weighted by Gasteiger charge is -2.37. The molecule has 2 fully saturated rings. The van der Waals surface area contributed by atoms with Crippen molar-refractivity contribution in [3.05, 3.63) is 53.3 Å². The van der Waals surface area contributed by atoms with E-state index >= 15 is 0 Å². The molecule has 1 aromatic heterocycles. The van der Waals surface area contributed by atoms with E-state index in [-0.39, 0.29) is 10.8 Å². The first kappa shape index (κ1) is 23.2. The molecule has 2 aliphatic rings. The van der Waals surface area contributed by atoms with Crippen molar-refractivity contribution in [2.75, 3.05) is 37.6 Å². The molecule has 0 radical (unpaired) electrons. The third kappa shape index (κ3) is 4.08. The highest BCUT2D eigenvalue weighted by Crippen LogP contribution is 2.33. The van der Waals surface area contributed by atoms with Gasteiger partial charge in [-0.2, -0.15) is 4.31 Å². The molecule has 1 unspecified atom stereocenters. The van der Waals surface area contributed by atoms with Gasteiger partial charge in [-0.15, -0.1) is 0 Å². The summed E-state index contributed by atoms with van der Waals surface area (Å²) in [6.45, 7) is 6.82. The van der Waals surface area contributed by atoms with E-state index in [9.17, 15) is 17.6 Å². The van der Waals surface area contributed by atoms with Crippen molar-refractivity contribution >= 4 is 42.6 Å². The van der Waals surface area contributed by atoms with Crippen LogP contribution in [-0.2, 0) is 14.8 Å². The summed E-state index contributed by atoms with van der Waals surface area (Å²) in [5.74, 6) is -0.650. The lowest BCUT2D eigenvalue weighted by molar-refractivity contribution is -0.134. The number of anilines is 1. The van der Waals surface area contributed by atoms with Gasteiger partial charge in [0.05, 0.1) is 15.1 Å². The number of aryl methyl sites for hydroxylation is 2. The molecule has 5 rings (SSSR count). The fourth-order valence-electron chi connectivity index (χ4n) is 4.70. The zero-order valence-corrected chi connectivity index (χ0v) is 20.8. The van der Waals surface area contributed by atoms with Crippen LogP contribution >= 0.6 is 11.3 Å². The molecule has 180 valence electrons. The van der Waals surface area contributed by atoms with E-state index < -0.39 is 21.9 Å². The molecule has 2 saturated heterocycles. The Balaban J connectivity index is 1.28. The van der Waals surface area contributed by atoms with Gasteiger partial charge in [0.15, 0.2) is 5.13 Å². The van der Waals surface area contributed by atoms with Crippen LogP contribution in [0.5, 0.6) is 0 Å². The highest BCUT2D eigenvalue weighted by molar-refractivity contribution is 7.89. The quantitative estimate of drug-likeness (QED) is 0.546. The molecule has 2 aromatic carbocycles. The molecule has 0 aliphatic carbocycles. The van der Waals surface area contributed by atoms with Gasteiger partial charge in [-0.1, -0.05) is 17.4 Å². The van der Waals surface area contributed by atoms with Crippen LogP contribution in [0.15, 0.2) is 41.3 Å². The summed E-state index contributed by atoms with van der Waals surface area (Å²) >= 11 is 1.66. The highest BCUT2D eigenvalue weighted by atomic mass is 32.2. The third-order valence-corrected chi connectivity index (χ3v) is 9.85. The molecule has 7 nitrogen and oxygen atoms in total. The number of aromatic nitrogens is 1. The van der Waals surface area contributed by atoms with Gasteiger partial charge in [0.1, 0.15) is 11.9 Å². The number of carbonyl (C=O) groups excluding carboxylic acids is 1.